The fraction of sp³-hybridized carbons (Fsp3) is 0.571. The molecule has 2 N–H and O–H groups in total. The van der Waals surface area contributed by atoms with Crippen LogP contribution in [0.2, 0.25) is 0 Å². The van der Waals surface area contributed by atoms with Crippen LogP contribution in [0.4, 0.5) is 13.2 Å². The number of aliphatic hydroxyl groups excluding tert-OH is 1. The zero-order valence-electron chi connectivity index (χ0n) is 11.2. The summed E-state index contributed by atoms with van der Waals surface area (Å²) in [6, 6.07) is 5.60. The van der Waals surface area contributed by atoms with Crippen LogP contribution in [0.25, 0.3) is 0 Å². The molecule has 1 aliphatic rings. The molecule has 0 radical (unpaired) electrons. The third kappa shape index (κ3) is 3.43. The number of hydrogen-bond acceptors (Lipinski definition) is 3. The minimum Gasteiger partial charge on any atom is -0.491 e. The number of alkyl halides is 3. The number of benzene rings is 1. The molecule has 1 aromatic carbocycles. The zero-order chi connectivity index (χ0) is 14.8. The molecule has 0 amide bonds. The van der Waals surface area contributed by atoms with Gasteiger partial charge in [0, 0.05) is 6.04 Å². The van der Waals surface area contributed by atoms with Crippen molar-refractivity contribution in [3.8, 4) is 5.75 Å². The first-order valence-corrected chi connectivity index (χ1v) is 6.65. The number of aryl methyl sites for hydroxylation is 1. The fourth-order valence-corrected chi connectivity index (χ4v) is 2.41. The van der Waals surface area contributed by atoms with Gasteiger partial charge in [0.05, 0.1) is 0 Å². The van der Waals surface area contributed by atoms with Crippen molar-refractivity contribution in [3.05, 3.63) is 29.3 Å². The van der Waals surface area contributed by atoms with E-state index in [1.165, 1.54) is 5.56 Å². The first-order chi connectivity index (χ1) is 9.41. The van der Waals surface area contributed by atoms with Crippen LogP contribution in [0.15, 0.2) is 18.2 Å². The van der Waals surface area contributed by atoms with E-state index in [-0.39, 0.29) is 0 Å². The molecular formula is C14H18F3NO2. The van der Waals surface area contributed by atoms with Gasteiger partial charge in [0.1, 0.15) is 12.4 Å². The Labute approximate surface area is 115 Å². The summed E-state index contributed by atoms with van der Waals surface area (Å²) in [6.07, 6.45) is -5.23. The molecule has 2 rings (SSSR count). The number of halogens is 3. The van der Waals surface area contributed by atoms with E-state index in [0.717, 1.165) is 24.9 Å². The molecule has 0 spiro atoms. The van der Waals surface area contributed by atoms with Gasteiger partial charge in [0.2, 0.25) is 0 Å². The maximum absolute atomic E-state index is 12.2. The average molecular weight is 289 g/mol. The van der Waals surface area contributed by atoms with Crippen molar-refractivity contribution in [2.75, 3.05) is 13.2 Å². The van der Waals surface area contributed by atoms with Crippen LogP contribution in [0.1, 0.15) is 30.5 Å². The molecule has 0 aliphatic heterocycles. The van der Waals surface area contributed by atoms with Gasteiger partial charge in [-0.2, -0.15) is 13.2 Å². The molecule has 0 saturated carbocycles. The highest BCUT2D eigenvalue weighted by Crippen LogP contribution is 2.33. The number of aliphatic hydroxyl groups is 1. The summed E-state index contributed by atoms with van der Waals surface area (Å²) in [5.74, 6) is 0.365. The first kappa shape index (κ1) is 15.1. The Morgan fingerprint density at radius 2 is 2.20 bits per heavy atom. The Hall–Kier alpha value is -1.27. The summed E-state index contributed by atoms with van der Waals surface area (Å²) in [5, 5.41) is 12.3. The minimum atomic E-state index is -4.65. The molecule has 112 valence electrons. The highest BCUT2D eigenvalue weighted by molar-refractivity contribution is 5.40. The second-order valence-corrected chi connectivity index (χ2v) is 4.88. The molecule has 1 aliphatic carbocycles. The normalized spacial score (nSPS) is 19.8. The lowest BCUT2D eigenvalue weighted by Crippen LogP contribution is -2.34. The molecule has 0 fully saturated rings. The van der Waals surface area contributed by atoms with Gasteiger partial charge >= 0.3 is 6.18 Å². The van der Waals surface area contributed by atoms with Gasteiger partial charge in [0.15, 0.2) is 6.10 Å². The molecule has 2 atom stereocenters. The van der Waals surface area contributed by atoms with E-state index >= 15 is 0 Å². The van der Waals surface area contributed by atoms with Gasteiger partial charge in [-0.05, 0) is 42.6 Å². The van der Waals surface area contributed by atoms with Gasteiger partial charge in [-0.25, -0.2) is 0 Å². The Morgan fingerprint density at radius 3 is 2.85 bits per heavy atom. The zero-order valence-corrected chi connectivity index (χ0v) is 11.2. The van der Waals surface area contributed by atoms with Crippen molar-refractivity contribution in [2.24, 2.45) is 0 Å². The van der Waals surface area contributed by atoms with E-state index in [9.17, 15) is 13.2 Å². The van der Waals surface area contributed by atoms with E-state index < -0.39 is 18.9 Å². The summed E-state index contributed by atoms with van der Waals surface area (Å²) in [6.45, 7) is 2.13. The third-order valence-corrected chi connectivity index (χ3v) is 3.43. The van der Waals surface area contributed by atoms with Crippen LogP contribution in [0, 0.1) is 0 Å². The summed E-state index contributed by atoms with van der Waals surface area (Å²) in [7, 11) is 0. The second kappa shape index (κ2) is 6.01. The fourth-order valence-electron chi connectivity index (χ4n) is 2.41. The van der Waals surface area contributed by atoms with Gasteiger partial charge in [0.25, 0.3) is 0 Å². The van der Waals surface area contributed by atoms with Crippen molar-refractivity contribution in [3.63, 3.8) is 0 Å². The van der Waals surface area contributed by atoms with Crippen molar-refractivity contribution in [1.29, 1.82) is 0 Å². The van der Waals surface area contributed by atoms with Crippen LogP contribution in [-0.2, 0) is 6.42 Å². The maximum Gasteiger partial charge on any atom is 0.417 e. The van der Waals surface area contributed by atoms with E-state index in [0.29, 0.717) is 11.8 Å². The van der Waals surface area contributed by atoms with Gasteiger partial charge < -0.3 is 15.2 Å². The van der Waals surface area contributed by atoms with Crippen molar-refractivity contribution < 1.29 is 23.0 Å². The lowest BCUT2D eigenvalue weighted by atomic mass is 10.1. The van der Waals surface area contributed by atoms with Crippen LogP contribution < -0.4 is 10.1 Å². The topological polar surface area (TPSA) is 41.5 Å². The highest BCUT2D eigenvalue weighted by Gasteiger charge is 2.38. The third-order valence-electron chi connectivity index (χ3n) is 3.43. The molecule has 0 bridgehead atoms. The van der Waals surface area contributed by atoms with Gasteiger partial charge in [-0.3, -0.25) is 0 Å². The van der Waals surface area contributed by atoms with Crippen LogP contribution in [0.5, 0.6) is 5.75 Å². The molecule has 0 saturated heterocycles. The van der Waals surface area contributed by atoms with E-state index in [1.54, 1.807) is 12.1 Å². The highest BCUT2D eigenvalue weighted by atomic mass is 19.4. The smallest absolute Gasteiger partial charge is 0.417 e. The molecular weight excluding hydrogens is 271 g/mol. The molecule has 0 heterocycles. The predicted molar refractivity (Wildman–Crippen MR) is 68.7 cm³/mol. The number of fused-ring (bicyclic) bond motifs is 1. The quantitative estimate of drug-likeness (QED) is 0.875. The Kier molecular flexibility index (Phi) is 4.55. The van der Waals surface area contributed by atoms with Crippen molar-refractivity contribution >= 4 is 0 Å². The van der Waals surface area contributed by atoms with Crippen LogP contribution in [0.3, 0.4) is 0 Å². The minimum absolute atomic E-state index is 0.310. The van der Waals surface area contributed by atoms with Crippen molar-refractivity contribution in [1.82, 2.24) is 5.32 Å². The summed E-state index contributed by atoms with van der Waals surface area (Å²) < 4.78 is 41.5. The van der Waals surface area contributed by atoms with E-state index in [1.807, 2.05) is 13.0 Å². The molecule has 6 heteroatoms. The second-order valence-electron chi connectivity index (χ2n) is 4.88. The van der Waals surface area contributed by atoms with Crippen LogP contribution >= 0.6 is 0 Å². The van der Waals surface area contributed by atoms with Crippen molar-refractivity contribution in [2.45, 2.75) is 38.1 Å². The SMILES string of the molecule is CCNC1CCc2cc(OCC(O)C(F)(F)F)ccc21. The molecule has 3 nitrogen and oxygen atoms in total. The number of nitrogens with one attached hydrogen (secondary N) is 1. The Morgan fingerprint density at radius 1 is 1.45 bits per heavy atom. The largest absolute Gasteiger partial charge is 0.491 e. The van der Waals surface area contributed by atoms with E-state index in [4.69, 9.17) is 9.84 Å². The summed E-state index contributed by atoms with van der Waals surface area (Å²) in [5.41, 5.74) is 2.27. The maximum atomic E-state index is 12.2. The standard InChI is InChI=1S/C14H18F3NO2/c1-2-18-12-6-3-9-7-10(4-5-11(9)12)20-8-13(19)14(15,16)17/h4-5,7,12-13,18-19H,2-3,6,8H2,1H3. The summed E-state index contributed by atoms with van der Waals surface area (Å²) in [4.78, 5) is 0. The predicted octanol–water partition coefficient (Wildman–Crippen LogP) is 2.59. The Balaban J connectivity index is 1.99. The van der Waals surface area contributed by atoms with Gasteiger partial charge in [-0.1, -0.05) is 13.0 Å². The Bertz CT molecular complexity index is 462. The summed E-state index contributed by atoms with van der Waals surface area (Å²) >= 11 is 0. The lowest BCUT2D eigenvalue weighted by Gasteiger charge is -2.16. The van der Waals surface area contributed by atoms with Gasteiger partial charge in [-0.15, -0.1) is 0 Å². The number of rotatable bonds is 5. The molecule has 1 aromatic rings. The van der Waals surface area contributed by atoms with Crippen LogP contribution in [-0.4, -0.2) is 30.5 Å². The monoisotopic (exact) mass is 289 g/mol. The molecule has 20 heavy (non-hydrogen) atoms. The number of hydrogen-bond donors (Lipinski definition) is 2. The number of ether oxygens (including phenoxy) is 1. The average Bonchev–Trinajstić information content (AvgIpc) is 2.78. The first-order valence-electron chi connectivity index (χ1n) is 6.65. The molecule has 2 unspecified atom stereocenters. The lowest BCUT2D eigenvalue weighted by molar-refractivity contribution is -0.210. The van der Waals surface area contributed by atoms with E-state index in [2.05, 4.69) is 5.32 Å². The molecule has 0 aromatic heterocycles.